The zero-order valence-corrected chi connectivity index (χ0v) is 10.1. The molecular formula is C13H14N4O. The van der Waals surface area contributed by atoms with Crippen LogP contribution in [0.3, 0.4) is 0 Å². The van der Waals surface area contributed by atoms with E-state index in [1.807, 2.05) is 35.9 Å². The standard InChI is InChI=1S/C13H14N4O/c1-9-2-3-10-12(6-9)18-13(16-10)11-7-17(5-4-14)8-15-11/h2-3,6-8H,4-5,14H2,1H3. The van der Waals surface area contributed by atoms with E-state index >= 15 is 0 Å². The Labute approximate surface area is 104 Å². The maximum Gasteiger partial charge on any atom is 0.247 e. The molecule has 0 saturated heterocycles. The Balaban J connectivity index is 2.02. The smallest absolute Gasteiger partial charge is 0.247 e. The summed E-state index contributed by atoms with van der Waals surface area (Å²) in [6.45, 7) is 3.35. The van der Waals surface area contributed by atoms with Gasteiger partial charge < -0.3 is 14.7 Å². The fourth-order valence-electron chi connectivity index (χ4n) is 1.88. The van der Waals surface area contributed by atoms with Crippen molar-refractivity contribution in [2.45, 2.75) is 13.5 Å². The molecule has 3 rings (SSSR count). The van der Waals surface area contributed by atoms with Crippen LogP contribution >= 0.6 is 0 Å². The zero-order chi connectivity index (χ0) is 12.5. The Bertz CT molecular complexity index is 683. The third-order valence-corrected chi connectivity index (χ3v) is 2.78. The SMILES string of the molecule is Cc1ccc2nc(-c3cn(CCN)cn3)oc2c1. The van der Waals surface area contributed by atoms with Gasteiger partial charge in [0.15, 0.2) is 5.58 Å². The van der Waals surface area contributed by atoms with Crippen LogP contribution < -0.4 is 5.73 Å². The van der Waals surface area contributed by atoms with Gasteiger partial charge in [-0.15, -0.1) is 0 Å². The summed E-state index contributed by atoms with van der Waals surface area (Å²) in [5, 5.41) is 0. The summed E-state index contributed by atoms with van der Waals surface area (Å²) in [7, 11) is 0. The summed E-state index contributed by atoms with van der Waals surface area (Å²) in [6, 6.07) is 5.94. The lowest BCUT2D eigenvalue weighted by Gasteiger charge is -1.94. The van der Waals surface area contributed by atoms with Gasteiger partial charge in [-0.25, -0.2) is 9.97 Å². The molecule has 0 bridgehead atoms. The number of nitrogens with two attached hydrogens (primary N) is 1. The van der Waals surface area contributed by atoms with Crippen molar-refractivity contribution in [2.24, 2.45) is 5.73 Å². The van der Waals surface area contributed by atoms with Crippen molar-refractivity contribution in [3.05, 3.63) is 36.3 Å². The van der Waals surface area contributed by atoms with Crippen molar-refractivity contribution in [1.29, 1.82) is 0 Å². The minimum atomic E-state index is 0.548. The van der Waals surface area contributed by atoms with Gasteiger partial charge in [0.2, 0.25) is 5.89 Å². The van der Waals surface area contributed by atoms with Gasteiger partial charge in [0.1, 0.15) is 11.2 Å². The maximum absolute atomic E-state index is 5.71. The number of rotatable bonds is 3. The highest BCUT2D eigenvalue weighted by atomic mass is 16.3. The van der Waals surface area contributed by atoms with Crippen LogP contribution in [0.5, 0.6) is 0 Å². The van der Waals surface area contributed by atoms with Crippen molar-refractivity contribution in [3.63, 3.8) is 0 Å². The van der Waals surface area contributed by atoms with Crippen LogP contribution in [0.15, 0.2) is 35.1 Å². The minimum Gasteiger partial charge on any atom is -0.435 e. The van der Waals surface area contributed by atoms with Crippen LogP contribution in [0.2, 0.25) is 0 Å². The van der Waals surface area contributed by atoms with Gasteiger partial charge in [-0.2, -0.15) is 0 Å². The molecule has 5 heteroatoms. The number of aryl methyl sites for hydroxylation is 1. The normalized spacial score (nSPS) is 11.2. The number of imidazole rings is 1. The number of aromatic nitrogens is 3. The lowest BCUT2D eigenvalue weighted by atomic mass is 10.2. The molecule has 18 heavy (non-hydrogen) atoms. The number of oxazole rings is 1. The summed E-state index contributed by atoms with van der Waals surface area (Å²) in [4.78, 5) is 8.70. The molecule has 0 amide bonds. The Morgan fingerprint density at radius 2 is 2.28 bits per heavy atom. The fraction of sp³-hybridized carbons (Fsp3) is 0.231. The highest BCUT2D eigenvalue weighted by Crippen LogP contribution is 2.23. The van der Waals surface area contributed by atoms with Crippen LogP contribution in [-0.2, 0) is 6.54 Å². The second-order valence-electron chi connectivity index (χ2n) is 4.28. The molecule has 5 nitrogen and oxygen atoms in total. The van der Waals surface area contributed by atoms with E-state index in [1.54, 1.807) is 6.33 Å². The van der Waals surface area contributed by atoms with Crippen LogP contribution in [0, 0.1) is 6.92 Å². The van der Waals surface area contributed by atoms with Gasteiger partial charge in [-0.3, -0.25) is 0 Å². The molecule has 0 saturated carbocycles. The van der Waals surface area contributed by atoms with E-state index in [-0.39, 0.29) is 0 Å². The molecule has 2 heterocycles. The number of benzene rings is 1. The van der Waals surface area contributed by atoms with Crippen LogP contribution in [-0.4, -0.2) is 21.1 Å². The molecule has 0 aliphatic heterocycles. The molecule has 2 N–H and O–H groups in total. The van der Waals surface area contributed by atoms with Crippen LogP contribution in [0.25, 0.3) is 22.7 Å². The van der Waals surface area contributed by atoms with Gasteiger partial charge in [0.25, 0.3) is 0 Å². The van der Waals surface area contributed by atoms with Gasteiger partial charge in [-0.05, 0) is 24.6 Å². The third kappa shape index (κ3) is 1.89. The molecule has 0 aliphatic carbocycles. The highest BCUT2D eigenvalue weighted by Gasteiger charge is 2.10. The Kier molecular flexibility index (Phi) is 2.60. The van der Waals surface area contributed by atoms with E-state index < -0.39 is 0 Å². The van der Waals surface area contributed by atoms with Crippen molar-refractivity contribution in [3.8, 4) is 11.6 Å². The average molecular weight is 242 g/mol. The fourth-order valence-corrected chi connectivity index (χ4v) is 1.88. The zero-order valence-electron chi connectivity index (χ0n) is 10.1. The summed E-state index contributed by atoms with van der Waals surface area (Å²) in [5.74, 6) is 0.548. The van der Waals surface area contributed by atoms with Gasteiger partial charge in [0.05, 0.1) is 6.33 Å². The largest absolute Gasteiger partial charge is 0.435 e. The van der Waals surface area contributed by atoms with E-state index in [1.165, 1.54) is 0 Å². The van der Waals surface area contributed by atoms with E-state index in [0.29, 0.717) is 12.4 Å². The first-order valence-corrected chi connectivity index (χ1v) is 5.85. The minimum absolute atomic E-state index is 0.548. The van der Waals surface area contributed by atoms with E-state index in [0.717, 1.165) is 28.9 Å². The molecule has 0 atom stereocenters. The van der Waals surface area contributed by atoms with Crippen molar-refractivity contribution >= 4 is 11.1 Å². The number of nitrogens with zero attached hydrogens (tertiary/aromatic N) is 3. The van der Waals surface area contributed by atoms with Gasteiger partial charge >= 0.3 is 0 Å². The first-order chi connectivity index (χ1) is 8.76. The Hall–Kier alpha value is -2.14. The number of fused-ring (bicyclic) bond motifs is 1. The second-order valence-corrected chi connectivity index (χ2v) is 4.28. The van der Waals surface area contributed by atoms with Crippen LogP contribution in [0.4, 0.5) is 0 Å². The molecule has 0 aliphatic rings. The van der Waals surface area contributed by atoms with Crippen molar-refractivity contribution in [2.75, 3.05) is 6.54 Å². The molecule has 0 spiro atoms. The molecule has 0 radical (unpaired) electrons. The first kappa shape index (κ1) is 11.0. The summed E-state index contributed by atoms with van der Waals surface area (Å²) in [6.07, 6.45) is 3.63. The monoisotopic (exact) mass is 242 g/mol. The van der Waals surface area contributed by atoms with Gasteiger partial charge in [0, 0.05) is 19.3 Å². The lowest BCUT2D eigenvalue weighted by Crippen LogP contribution is -2.07. The van der Waals surface area contributed by atoms with Crippen molar-refractivity contribution in [1.82, 2.24) is 14.5 Å². The average Bonchev–Trinajstić information content (AvgIpc) is 2.94. The van der Waals surface area contributed by atoms with E-state index in [9.17, 15) is 0 Å². The second kappa shape index (κ2) is 4.27. The molecule has 1 aromatic carbocycles. The highest BCUT2D eigenvalue weighted by molar-refractivity contribution is 5.76. The third-order valence-electron chi connectivity index (χ3n) is 2.78. The quantitative estimate of drug-likeness (QED) is 0.762. The first-order valence-electron chi connectivity index (χ1n) is 5.85. The predicted octanol–water partition coefficient (Wildman–Crippen LogP) is 1.96. The molecule has 92 valence electrons. The summed E-state index contributed by atoms with van der Waals surface area (Å²) < 4.78 is 7.63. The molecule has 2 aromatic heterocycles. The number of hydrogen-bond donors (Lipinski definition) is 1. The predicted molar refractivity (Wildman–Crippen MR) is 69.0 cm³/mol. The summed E-state index contributed by atoms with van der Waals surface area (Å²) >= 11 is 0. The summed E-state index contributed by atoms with van der Waals surface area (Å²) in [5.41, 5.74) is 9.03. The molecule has 0 fully saturated rings. The maximum atomic E-state index is 5.71. The molecule has 0 unspecified atom stereocenters. The van der Waals surface area contributed by atoms with Crippen LogP contribution in [0.1, 0.15) is 5.56 Å². The Morgan fingerprint density at radius 3 is 3.11 bits per heavy atom. The molecule has 3 aromatic rings. The topological polar surface area (TPSA) is 69.9 Å². The Morgan fingerprint density at radius 1 is 1.39 bits per heavy atom. The van der Waals surface area contributed by atoms with Crippen molar-refractivity contribution < 1.29 is 4.42 Å². The lowest BCUT2D eigenvalue weighted by molar-refractivity contribution is 0.616. The molecular weight excluding hydrogens is 228 g/mol. The van der Waals surface area contributed by atoms with E-state index in [4.69, 9.17) is 10.2 Å². The van der Waals surface area contributed by atoms with Gasteiger partial charge in [-0.1, -0.05) is 6.07 Å². The van der Waals surface area contributed by atoms with E-state index in [2.05, 4.69) is 9.97 Å². The number of hydrogen-bond acceptors (Lipinski definition) is 4.